The van der Waals surface area contributed by atoms with Gasteiger partial charge in [0.1, 0.15) is 42.0 Å². The quantitative estimate of drug-likeness (QED) is 0.157. The summed E-state index contributed by atoms with van der Waals surface area (Å²) in [5.74, 6) is -1.73. The highest BCUT2D eigenvalue weighted by Gasteiger charge is 2.56. The molecule has 1 amide bonds. The van der Waals surface area contributed by atoms with Gasteiger partial charge in [-0.05, 0) is 35.2 Å². The highest BCUT2D eigenvalue weighted by Crippen LogP contribution is 2.65. The molecule has 24 heteroatoms. The number of hydrogen-bond donors (Lipinski definition) is 2. The van der Waals surface area contributed by atoms with Crippen LogP contribution < -0.4 is 10.5 Å². The normalized spacial score (nSPS) is 35.1. The predicted octanol–water partition coefficient (Wildman–Crippen LogP) is 2.91. The molecule has 2 bridgehead atoms. The highest BCUT2D eigenvalue weighted by molar-refractivity contribution is 8.54. The second kappa shape index (κ2) is 14.9. The summed E-state index contributed by atoms with van der Waals surface area (Å²) in [4.78, 5) is 59.4. The van der Waals surface area contributed by atoms with E-state index >= 15 is 8.78 Å². The van der Waals surface area contributed by atoms with Crippen LogP contribution in [0.15, 0.2) is 49.2 Å². The van der Waals surface area contributed by atoms with Gasteiger partial charge in [-0.3, -0.25) is 41.9 Å². The van der Waals surface area contributed by atoms with Gasteiger partial charge in [0.15, 0.2) is 42.0 Å². The first-order valence-corrected chi connectivity index (χ1v) is 20.4. The van der Waals surface area contributed by atoms with E-state index in [9.17, 15) is 28.4 Å². The highest BCUT2D eigenvalue weighted by atomic mass is 32.7. The molecule has 2 aromatic heterocycles. The summed E-state index contributed by atoms with van der Waals surface area (Å²) in [7, 11) is -5.23. The van der Waals surface area contributed by atoms with Crippen LogP contribution in [0.1, 0.15) is 25.1 Å². The van der Waals surface area contributed by atoms with Crippen molar-refractivity contribution in [3.05, 3.63) is 54.8 Å². The maximum atomic E-state index is 16.4. The number of phosphoric acid groups is 1. The molecule has 3 N–H and O–H groups in total. The molecule has 0 radical (unpaired) electrons. The van der Waals surface area contributed by atoms with Crippen molar-refractivity contribution in [3.8, 4) is 5.75 Å². The van der Waals surface area contributed by atoms with Gasteiger partial charge >= 0.3 is 20.6 Å². The molecule has 6 heterocycles. The van der Waals surface area contributed by atoms with Crippen LogP contribution in [-0.4, -0.2) is 103 Å². The van der Waals surface area contributed by atoms with E-state index in [2.05, 4.69) is 15.0 Å². The Balaban J connectivity index is 1.22. The second-order valence-electron chi connectivity index (χ2n) is 12.0. The lowest BCUT2D eigenvalue weighted by Crippen LogP contribution is -2.44. The topological polar surface area (TPSA) is 243 Å². The molecule has 0 saturated carbocycles. The number of aromatic nitrogens is 4. The minimum Gasteiger partial charge on any atom is -0.427 e. The number of benzene rings is 1. The first kappa shape index (κ1) is 37.6. The largest absolute Gasteiger partial charge is 0.472 e. The summed E-state index contributed by atoms with van der Waals surface area (Å²) in [5, 5.41) is 0. The van der Waals surface area contributed by atoms with Crippen LogP contribution in [0.2, 0.25) is 0 Å². The first-order valence-electron chi connectivity index (χ1n) is 15.7. The average molecular weight is 803 g/mol. The Labute approximate surface area is 301 Å². The van der Waals surface area contributed by atoms with Crippen molar-refractivity contribution in [1.29, 1.82) is 0 Å². The minimum absolute atomic E-state index is 0.00498. The molecule has 4 aliphatic heterocycles. The molecule has 3 saturated heterocycles. The lowest BCUT2D eigenvalue weighted by Gasteiger charge is -2.28. The van der Waals surface area contributed by atoms with Gasteiger partial charge in [-0.1, -0.05) is 12.1 Å². The number of ketones is 1. The van der Waals surface area contributed by atoms with Crippen molar-refractivity contribution in [2.24, 2.45) is 0 Å². The number of anilines is 1. The Bertz CT molecular complexity index is 2040. The number of amides is 1. The van der Waals surface area contributed by atoms with Crippen LogP contribution in [0, 0.1) is 0 Å². The Kier molecular flexibility index (Phi) is 10.5. The van der Waals surface area contributed by atoms with Crippen molar-refractivity contribution >= 4 is 60.6 Å². The number of nitrogens with two attached hydrogens (primary N) is 1. The van der Waals surface area contributed by atoms with Gasteiger partial charge in [-0.2, -0.15) is 0 Å². The number of nitrogen functional groups attached to an aromatic ring is 1. The lowest BCUT2D eigenvalue weighted by atomic mass is 10.1. The number of imidazole rings is 1. The number of esters is 1. The zero-order valence-electron chi connectivity index (χ0n) is 27.3. The zero-order valence-corrected chi connectivity index (χ0v) is 29.9. The van der Waals surface area contributed by atoms with Gasteiger partial charge in [0.05, 0.1) is 26.0 Å². The van der Waals surface area contributed by atoms with Crippen molar-refractivity contribution < 1.29 is 69.5 Å². The van der Waals surface area contributed by atoms with E-state index in [-0.39, 0.29) is 28.5 Å². The molecule has 3 fully saturated rings. The number of fused-ring (bicyclic) bond motifs is 4. The summed E-state index contributed by atoms with van der Waals surface area (Å²) in [6.07, 6.45) is -11.0. The summed E-state index contributed by atoms with van der Waals surface area (Å²) in [5.41, 5.74) is 6.69. The van der Waals surface area contributed by atoms with Gasteiger partial charge in [-0.25, -0.2) is 32.9 Å². The number of carbonyl (C=O) groups excluding carboxylic acids is 3. The lowest BCUT2D eigenvalue weighted by molar-refractivity contribution is -0.146. The molecule has 1 aromatic carbocycles. The predicted molar refractivity (Wildman–Crippen MR) is 176 cm³/mol. The number of allylic oxidation sites excluding steroid dienone is 1. The van der Waals surface area contributed by atoms with Crippen molar-refractivity contribution in [1.82, 2.24) is 24.4 Å². The molecule has 284 valence electrons. The van der Waals surface area contributed by atoms with Crippen molar-refractivity contribution in [2.75, 3.05) is 18.9 Å². The second-order valence-corrected chi connectivity index (χ2v) is 17.5. The number of carbonyl (C=O) groups is 3. The van der Waals surface area contributed by atoms with Gasteiger partial charge in [-0.15, -0.1) is 0 Å². The SMILES string of the molecule is CC(=O)Oc1ccc(CSP2(=O)OC[C@H]3O[C@@H](N4C=CC(=O)CC4=O)[C@H](F)[C@@H]3OP(=O)(O)OC[C@H]3O[C@@H](n4cnc5c(N)ncnc54)[C@H](O2)[C@@H]3F)cc1. The van der Waals surface area contributed by atoms with E-state index in [0.717, 1.165) is 23.5 Å². The molecule has 19 nitrogen and oxygen atoms in total. The number of rotatable bonds is 6. The molecule has 0 spiro atoms. The van der Waals surface area contributed by atoms with E-state index in [1.807, 2.05) is 0 Å². The number of hydrogen-bond acceptors (Lipinski definition) is 17. The summed E-state index contributed by atoms with van der Waals surface area (Å²) < 4.78 is 100. The van der Waals surface area contributed by atoms with Crippen LogP contribution in [0.25, 0.3) is 11.2 Å². The number of phosphoric ester groups is 1. The van der Waals surface area contributed by atoms with E-state index in [0.29, 0.717) is 16.9 Å². The van der Waals surface area contributed by atoms with Crippen molar-refractivity contribution in [3.63, 3.8) is 0 Å². The maximum absolute atomic E-state index is 16.4. The fourth-order valence-electron chi connectivity index (χ4n) is 5.91. The molecule has 4 aliphatic rings. The number of alkyl halides is 2. The van der Waals surface area contributed by atoms with Gasteiger partial charge in [0, 0.05) is 18.9 Å². The van der Waals surface area contributed by atoms with Crippen LogP contribution >= 0.6 is 26.0 Å². The Morgan fingerprint density at radius 1 is 1.02 bits per heavy atom. The summed E-state index contributed by atoms with van der Waals surface area (Å²) in [6, 6.07) is 6.13. The third-order valence-electron chi connectivity index (χ3n) is 8.38. The first-order chi connectivity index (χ1) is 25.2. The van der Waals surface area contributed by atoms with E-state index in [1.54, 1.807) is 12.1 Å². The summed E-state index contributed by atoms with van der Waals surface area (Å²) in [6.45, 7) is -5.13. The third-order valence-corrected chi connectivity index (χ3v) is 13.0. The average Bonchev–Trinajstić information content (AvgIpc) is 3.76. The fourth-order valence-corrected chi connectivity index (χ4v) is 10.2. The van der Waals surface area contributed by atoms with Gasteiger partial charge in [0.25, 0.3) is 0 Å². The van der Waals surface area contributed by atoms with E-state index in [4.69, 9.17) is 38.0 Å². The summed E-state index contributed by atoms with van der Waals surface area (Å²) >= 11 is 0.610. The monoisotopic (exact) mass is 802 g/mol. The Hall–Kier alpha value is -3.69. The van der Waals surface area contributed by atoms with Gasteiger partial charge in [0.2, 0.25) is 5.91 Å². The van der Waals surface area contributed by atoms with Crippen LogP contribution in [0.4, 0.5) is 14.6 Å². The third kappa shape index (κ3) is 7.93. The number of ether oxygens (including phenoxy) is 3. The minimum atomic E-state index is -5.23. The van der Waals surface area contributed by atoms with Crippen LogP contribution in [-0.2, 0) is 56.8 Å². The smallest absolute Gasteiger partial charge is 0.427 e. The maximum Gasteiger partial charge on any atom is 0.472 e. The van der Waals surface area contributed by atoms with Gasteiger partial charge < -0.3 is 24.8 Å². The van der Waals surface area contributed by atoms with Crippen molar-refractivity contribution in [2.45, 2.75) is 68.3 Å². The molecule has 0 aliphatic carbocycles. The standard InChI is InChI=1S/C29H30F2N6O13P2S/c1-14(38)46-17-4-2-15(3-5-17)11-53-52(43)45-10-19-24(22(31)28(48-19)36-7-6-16(39)8-20(36)40)49-51(41,42)44-9-18-21(30)25(50-52)29(47-18)37-13-35-23-26(32)33-12-34-27(23)37/h2-7,12-13,18-19,21-22,24-25,28-29H,8-11H2,1H3,(H,41,42)(H2,32,33,34)/t18-,19-,21-,22-,24-,25-,28-,29-,52?/m1/s1. The molecular weight excluding hydrogens is 772 g/mol. The number of halogens is 2. The molecule has 3 aromatic rings. The number of nitrogens with zero attached hydrogens (tertiary/aromatic N) is 5. The van der Waals surface area contributed by atoms with E-state index < -0.39 is 101 Å². The molecule has 7 rings (SSSR count). The molecule has 10 atom stereocenters. The fraction of sp³-hybridized carbons (Fsp3) is 0.448. The van der Waals surface area contributed by atoms with E-state index in [1.165, 1.54) is 30.0 Å². The Morgan fingerprint density at radius 2 is 1.75 bits per heavy atom. The zero-order chi connectivity index (χ0) is 37.7. The Morgan fingerprint density at radius 3 is 2.49 bits per heavy atom. The van der Waals surface area contributed by atoms with Crippen LogP contribution in [0.3, 0.4) is 0 Å². The van der Waals surface area contributed by atoms with Crippen LogP contribution in [0.5, 0.6) is 5.75 Å². The molecule has 53 heavy (non-hydrogen) atoms. The molecule has 2 unspecified atom stereocenters. The molecular formula is C29H30F2N6O13P2S.